The van der Waals surface area contributed by atoms with Gasteiger partial charge in [0.05, 0.1) is 6.04 Å². The first-order valence-electron chi connectivity index (χ1n) is 6.38. The Morgan fingerprint density at radius 2 is 2.06 bits per heavy atom. The number of nitrogens with zero attached hydrogens (tertiary/aromatic N) is 2. The predicted octanol–water partition coefficient (Wildman–Crippen LogP) is 0.668. The van der Waals surface area contributed by atoms with Crippen LogP contribution in [-0.4, -0.2) is 55.0 Å². The molecule has 2 N–H and O–H groups in total. The average Bonchev–Trinajstić information content (AvgIpc) is 2.78. The third-order valence-electron chi connectivity index (χ3n) is 3.24. The summed E-state index contributed by atoms with van der Waals surface area (Å²) in [6, 6.07) is -0.312. The molecule has 1 heterocycles. The number of amides is 1. The van der Waals surface area contributed by atoms with Gasteiger partial charge >= 0.3 is 0 Å². The van der Waals surface area contributed by atoms with Gasteiger partial charge in [0, 0.05) is 20.1 Å². The number of likely N-dealkylation sites (N-methyl/N-ethyl adjacent to an activating group) is 1. The van der Waals surface area contributed by atoms with Crippen LogP contribution in [-0.2, 0) is 4.79 Å². The molecule has 1 saturated heterocycles. The zero-order chi connectivity index (χ0) is 12.0. The van der Waals surface area contributed by atoms with Crippen molar-refractivity contribution in [2.75, 3.05) is 33.2 Å². The van der Waals surface area contributed by atoms with Crippen LogP contribution in [0.5, 0.6) is 0 Å². The van der Waals surface area contributed by atoms with Crippen molar-refractivity contribution in [2.24, 2.45) is 5.73 Å². The van der Waals surface area contributed by atoms with Crippen molar-refractivity contribution in [3.8, 4) is 0 Å². The van der Waals surface area contributed by atoms with Gasteiger partial charge in [0.25, 0.3) is 0 Å². The molecule has 1 atom stereocenters. The minimum atomic E-state index is -0.312. The van der Waals surface area contributed by atoms with E-state index in [9.17, 15) is 4.79 Å². The lowest BCUT2D eigenvalue weighted by atomic mass is 10.1. The second-order valence-electron chi connectivity index (χ2n) is 4.70. The maximum Gasteiger partial charge on any atom is 0.239 e. The van der Waals surface area contributed by atoms with Gasteiger partial charge in [-0.15, -0.1) is 0 Å². The van der Waals surface area contributed by atoms with Crippen LogP contribution in [0.25, 0.3) is 0 Å². The SMILES string of the molecule is CCC[C@H](N)C(=O)N(C)CCN1CCCC1. The summed E-state index contributed by atoms with van der Waals surface area (Å²) in [5.41, 5.74) is 5.81. The molecule has 1 aliphatic rings. The molecule has 1 rings (SSSR count). The fraction of sp³-hybridized carbons (Fsp3) is 0.917. The van der Waals surface area contributed by atoms with E-state index in [1.165, 1.54) is 25.9 Å². The van der Waals surface area contributed by atoms with Crippen molar-refractivity contribution in [1.29, 1.82) is 0 Å². The molecule has 4 heteroatoms. The zero-order valence-electron chi connectivity index (χ0n) is 10.6. The minimum Gasteiger partial charge on any atom is -0.343 e. The lowest BCUT2D eigenvalue weighted by Gasteiger charge is -2.24. The summed E-state index contributed by atoms with van der Waals surface area (Å²) < 4.78 is 0. The third-order valence-corrected chi connectivity index (χ3v) is 3.24. The number of carbonyl (C=O) groups is 1. The normalized spacial score (nSPS) is 18.7. The van der Waals surface area contributed by atoms with E-state index in [0.717, 1.165) is 25.9 Å². The van der Waals surface area contributed by atoms with Gasteiger partial charge in [0.15, 0.2) is 0 Å². The molecule has 0 aromatic carbocycles. The van der Waals surface area contributed by atoms with E-state index in [-0.39, 0.29) is 11.9 Å². The van der Waals surface area contributed by atoms with Crippen LogP contribution < -0.4 is 5.73 Å². The molecule has 1 fully saturated rings. The molecule has 0 bridgehead atoms. The quantitative estimate of drug-likeness (QED) is 0.725. The summed E-state index contributed by atoms with van der Waals surface area (Å²) in [5, 5.41) is 0. The van der Waals surface area contributed by atoms with Crippen LogP contribution in [0.1, 0.15) is 32.6 Å². The Labute approximate surface area is 98.8 Å². The highest BCUT2D eigenvalue weighted by molar-refractivity contribution is 5.81. The van der Waals surface area contributed by atoms with Gasteiger partial charge in [0.2, 0.25) is 5.91 Å². The molecule has 4 nitrogen and oxygen atoms in total. The van der Waals surface area contributed by atoms with Crippen LogP contribution in [0.15, 0.2) is 0 Å². The summed E-state index contributed by atoms with van der Waals surface area (Å²) in [6.07, 6.45) is 4.35. The van der Waals surface area contributed by atoms with Crippen molar-refractivity contribution in [3.63, 3.8) is 0 Å². The standard InChI is InChI=1S/C12H25N3O/c1-3-6-11(13)12(16)14(2)9-10-15-7-4-5-8-15/h11H,3-10,13H2,1-2H3/t11-/m0/s1. The van der Waals surface area contributed by atoms with Gasteiger partial charge in [0.1, 0.15) is 0 Å². The first kappa shape index (κ1) is 13.5. The second kappa shape index (κ2) is 6.86. The number of likely N-dealkylation sites (tertiary alicyclic amines) is 1. The summed E-state index contributed by atoms with van der Waals surface area (Å²) in [5.74, 6) is 0.0843. The largest absolute Gasteiger partial charge is 0.343 e. The molecule has 0 aliphatic carbocycles. The van der Waals surface area contributed by atoms with Gasteiger partial charge in [-0.1, -0.05) is 13.3 Å². The molecule has 1 aliphatic heterocycles. The molecule has 0 aromatic rings. The van der Waals surface area contributed by atoms with E-state index in [1.54, 1.807) is 4.90 Å². The number of hydrogen-bond donors (Lipinski definition) is 1. The van der Waals surface area contributed by atoms with Crippen LogP contribution in [0, 0.1) is 0 Å². The monoisotopic (exact) mass is 227 g/mol. The van der Waals surface area contributed by atoms with Gasteiger partial charge in [-0.25, -0.2) is 0 Å². The van der Waals surface area contributed by atoms with Crippen molar-refractivity contribution < 1.29 is 4.79 Å². The van der Waals surface area contributed by atoms with Gasteiger partial charge in [-0.3, -0.25) is 4.79 Å². The van der Waals surface area contributed by atoms with Gasteiger partial charge in [-0.05, 0) is 32.4 Å². The molecule has 0 saturated carbocycles. The number of hydrogen-bond acceptors (Lipinski definition) is 3. The van der Waals surface area contributed by atoms with Gasteiger partial charge < -0.3 is 15.5 Å². The predicted molar refractivity (Wildman–Crippen MR) is 66.2 cm³/mol. The van der Waals surface area contributed by atoms with E-state index in [2.05, 4.69) is 11.8 Å². The summed E-state index contributed by atoms with van der Waals surface area (Å²) in [4.78, 5) is 16.0. The Kier molecular flexibility index (Phi) is 5.77. The van der Waals surface area contributed by atoms with E-state index in [0.29, 0.717) is 0 Å². The molecule has 0 spiro atoms. The Morgan fingerprint density at radius 3 is 2.62 bits per heavy atom. The van der Waals surface area contributed by atoms with E-state index in [4.69, 9.17) is 5.73 Å². The first-order valence-corrected chi connectivity index (χ1v) is 6.38. The summed E-state index contributed by atoms with van der Waals surface area (Å²) in [6.45, 7) is 6.21. The smallest absolute Gasteiger partial charge is 0.239 e. The molecule has 0 aromatic heterocycles. The number of rotatable bonds is 6. The molecule has 94 valence electrons. The molecular formula is C12H25N3O. The van der Waals surface area contributed by atoms with E-state index in [1.807, 2.05) is 7.05 Å². The van der Waals surface area contributed by atoms with Crippen LogP contribution in [0.2, 0.25) is 0 Å². The van der Waals surface area contributed by atoms with Crippen LogP contribution >= 0.6 is 0 Å². The van der Waals surface area contributed by atoms with Crippen molar-refractivity contribution in [3.05, 3.63) is 0 Å². The van der Waals surface area contributed by atoms with E-state index < -0.39 is 0 Å². The molecule has 16 heavy (non-hydrogen) atoms. The fourth-order valence-electron chi connectivity index (χ4n) is 2.13. The fourth-order valence-corrected chi connectivity index (χ4v) is 2.13. The highest BCUT2D eigenvalue weighted by atomic mass is 16.2. The van der Waals surface area contributed by atoms with E-state index >= 15 is 0 Å². The lowest BCUT2D eigenvalue weighted by Crippen LogP contribution is -2.44. The molecule has 1 amide bonds. The maximum absolute atomic E-state index is 11.8. The Balaban J connectivity index is 2.22. The highest BCUT2D eigenvalue weighted by Gasteiger charge is 2.18. The number of carbonyl (C=O) groups excluding carboxylic acids is 1. The van der Waals surface area contributed by atoms with Crippen molar-refractivity contribution in [2.45, 2.75) is 38.6 Å². The Hall–Kier alpha value is -0.610. The Bertz CT molecular complexity index is 214. The second-order valence-corrected chi connectivity index (χ2v) is 4.70. The average molecular weight is 227 g/mol. The minimum absolute atomic E-state index is 0.0843. The summed E-state index contributed by atoms with van der Waals surface area (Å²) in [7, 11) is 1.86. The molecule has 0 radical (unpaired) electrons. The topological polar surface area (TPSA) is 49.6 Å². The first-order chi connectivity index (χ1) is 7.65. The molecular weight excluding hydrogens is 202 g/mol. The molecule has 0 unspecified atom stereocenters. The van der Waals surface area contributed by atoms with Gasteiger partial charge in [-0.2, -0.15) is 0 Å². The van der Waals surface area contributed by atoms with Crippen molar-refractivity contribution in [1.82, 2.24) is 9.80 Å². The van der Waals surface area contributed by atoms with Crippen molar-refractivity contribution >= 4 is 5.91 Å². The highest BCUT2D eigenvalue weighted by Crippen LogP contribution is 2.07. The summed E-state index contributed by atoms with van der Waals surface area (Å²) >= 11 is 0. The number of nitrogens with two attached hydrogens (primary N) is 1. The Morgan fingerprint density at radius 1 is 1.44 bits per heavy atom. The third kappa shape index (κ3) is 4.10. The van der Waals surface area contributed by atoms with Crippen LogP contribution in [0.4, 0.5) is 0 Å². The lowest BCUT2D eigenvalue weighted by molar-refractivity contribution is -0.131. The maximum atomic E-state index is 11.8. The zero-order valence-corrected chi connectivity index (χ0v) is 10.6. The van der Waals surface area contributed by atoms with Crippen LogP contribution in [0.3, 0.4) is 0 Å².